The zero-order valence-electron chi connectivity index (χ0n) is 16.1. The predicted molar refractivity (Wildman–Crippen MR) is 106 cm³/mol. The van der Waals surface area contributed by atoms with E-state index >= 15 is 0 Å². The van der Waals surface area contributed by atoms with Gasteiger partial charge in [-0.25, -0.2) is 19.6 Å². The van der Waals surface area contributed by atoms with Crippen molar-refractivity contribution in [1.29, 1.82) is 0 Å². The number of fused-ring (bicyclic) bond motifs is 2. The summed E-state index contributed by atoms with van der Waals surface area (Å²) >= 11 is 0. The van der Waals surface area contributed by atoms with Gasteiger partial charge >= 0.3 is 11.9 Å². The highest BCUT2D eigenvalue weighted by atomic mass is 16.4. The lowest BCUT2D eigenvalue weighted by molar-refractivity contribution is -0.134. The van der Waals surface area contributed by atoms with Crippen molar-refractivity contribution >= 4 is 17.9 Å². The minimum absolute atomic E-state index is 0.558. The van der Waals surface area contributed by atoms with Gasteiger partial charge in [0.2, 0.25) is 5.95 Å². The Morgan fingerprint density at radius 3 is 2.17 bits per heavy atom. The molecule has 2 atom stereocenters. The fraction of sp³-hybridized carbons (Fsp3) is 0.400. The third kappa shape index (κ3) is 5.41. The number of furan rings is 1. The van der Waals surface area contributed by atoms with Gasteiger partial charge in [-0.2, -0.15) is 0 Å². The molecule has 2 aliphatic rings. The molecule has 2 bridgehead atoms. The average molecular weight is 400 g/mol. The maximum atomic E-state index is 9.55. The number of rotatable bonds is 4. The van der Waals surface area contributed by atoms with Crippen LogP contribution in [0.3, 0.4) is 0 Å². The molecule has 29 heavy (non-hydrogen) atoms. The van der Waals surface area contributed by atoms with Gasteiger partial charge in [0.05, 0.1) is 11.8 Å². The van der Waals surface area contributed by atoms with Gasteiger partial charge in [-0.3, -0.25) is 4.90 Å². The number of aliphatic carboxylic acids is 2. The second kappa shape index (κ2) is 9.33. The molecule has 0 saturated carbocycles. The summed E-state index contributed by atoms with van der Waals surface area (Å²) in [7, 11) is 2.26. The summed E-state index contributed by atoms with van der Waals surface area (Å²) in [6.07, 6.45) is 10.4. The van der Waals surface area contributed by atoms with Crippen LogP contribution in [-0.4, -0.2) is 69.2 Å². The number of carbonyl (C=O) groups is 2. The Hall–Kier alpha value is -3.20. The summed E-state index contributed by atoms with van der Waals surface area (Å²) in [5.41, 5.74) is 0.929. The maximum absolute atomic E-state index is 9.55. The van der Waals surface area contributed by atoms with Crippen LogP contribution in [0.5, 0.6) is 0 Å². The standard InChI is InChI=1S/C16H20N4O.C4H4O4/c1-19-13-4-2-5-14(19)11-20(10-13)16-17-8-12(9-18-16)15-6-3-7-21-15;5-3(6)1-2-4(7)8/h3,6-9,13-14H,2,4-5,10-11H2,1H3;1-2H,(H,5,6)(H,7,8)/b;2-1+. The molecule has 4 heterocycles. The molecule has 0 aromatic carbocycles. The number of carboxylic acid groups (broad SMARTS) is 2. The van der Waals surface area contributed by atoms with Crippen LogP contribution in [-0.2, 0) is 9.59 Å². The zero-order valence-corrected chi connectivity index (χ0v) is 16.1. The van der Waals surface area contributed by atoms with Crippen LogP contribution in [0.15, 0.2) is 47.4 Å². The third-order valence-corrected chi connectivity index (χ3v) is 5.18. The molecule has 0 amide bonds. The Morgan fingerprint density at radius 1 is 1.10 bits per heavy atom. The van der Waals surface area contributed by atoms with Gasteiger partial charge in [-0.15, -0.1) is 0 Å². The Bertz CT molecular complexity index is 820. The Morgan fingerprint density at radius 2 is 1.69 bits per heavy atom. The molecule has 0 aliphatic carbocycles. The van der Waals surface area contributed by atoms with Gasteiger partial charge in [0, 0.05) is 49.7 Å². The van der Waals surface area contributed by atoms with Crippen LogP contribution in [0.2, 0.25) is 0 Å². The minimum Gasteiger partial charge on any atom is -0.478 e. The van der Waals surface area contributed by atoms with E-state index in [2.05, 4.69) is 26.8 Å². The molecule has 2 N–H and O–H groups in total. The monoisotopic (exact) mass is 400 g/mol. The molecule has 2 fully saturated rings. The maximum Gasteiger partial charge on any atom is 0.328 e. The number of hydrogen-bond donors (Lipinski definition) is 2. The fourth-order valence-corrected chi connectivity index (χ4v) is 3.68. The normalized spacial score (nSPS) is 21.5. The van der Waals surface area contributed by atoms with E-state index in [0.717, 1.165) is 30.4 Å². The fourth-order valence-electron chi connectivity index (χ4n) is 3.68. The van der Waals surface area contributed by atoms with Gasteiger partial charge in [0.15, 0.2) is 0 Å². The van der Waals surface area contributed by atoms with E-state index in [1.807, 2.05) is 24.5 Å². The Balaban J connectivity index is 0.000000258. The van der Waals surface area contributed by atoms with Crippen molar-refractivity contribution in [1.82, 2.24) is 14.9 Å². The van der Waals surface area contributed by atoms with E-state index < -0.39 is 11.9 Å². The van der Waals surface area contributed by atoms with Crippen LogP contribution in [0, 0.1) is 0 Å². The van der Waals surface area contributed by atoms with E-state index in [-0.39, 0.29) is 0 Å². The molecule has 4 rings (SSSR count). The van der Waals surface area contributed by atoms with E-state index in [0.29, 0.717) is 24.2 Å². The number of aromatic nitrogens is 2. The van der Waals surface area contributed by atoms with Crippen LogP contribution in [0.1, 0.15) is 19.3 Å². The number of hydrogen-bond acceptors (Lipinski definition) is 7. The Kier molecular flexibility index (Phi) is 6.61. The molecule has 2 aliphatic heterocycles. The first kappa shape index (κ1) is 20.5. The molecule has 154 valence electrons. The highest BCUT2D eigenvalue weighted by molar-refractivity contribution is 5.89. The molecule has 9 nitrogen and oxygen atoms in total. The van der Waals surface area contributed by atoms with Gasteiger partial charge in [0.25, 0.3) is 0 Å². The molecule has 0 radical (unpaired) electrons. The number of piperidine rings is 1. The third-order valence-electron chi connectivity index (χ3n) is 5.18. The van der Waals surface area contributed by atoms with Crippen LogP contribution < -0.4 is 4.90 Å². The molecule has 2 unspecified atom stereocenters. The molecule has 2 aromatic heterocycles. The molecular formula is C20H24N4O5. The minimum atomic E-state index is -1.26. The van der Waals surface area contributed by atoms with Gasteiger partial charge in [-0.05, 0) is 32.0 Å². The summed E-state index contributed by atoms with van der Waals surface area (Å²) in [5.74, 6) is -0.855. The van der Waals surface area contributed by atoms with E-state index in [1.165, 1.54) is 19.3 Å². The first-order valence-corrected chi connectivity index (χ1v) is 9.40. The van der Waals surface area contributed by atoms with Crippen molar-refractivity contribution in [2.75, 3.05) is 25.0 Å². The van der Waals surface area contributed by atoms with Crippen molar-refractivity contribution in [3.8, 4) is 11.3 Å². The van der Waals surface area contributed by atoms with Crippen molar-refractivity contribution in [2.24, 2.45) is 0 Å². The SMILES string of the molecule is CN1C2CCCC1CN(c1ncc(-c3ccco3)cn1)C2.O=C(O)/C=C/C(=O)O. The van der Waals surface area contributed by atoms with Crippen molar-refractivity contribution in [3.63, 3.8) is 0 Å². The number of nitrogens with zero attached hydrogens (tertiary/aromatic N) is 4. The summed E-state index contributed by atoms with van der Waals surface area (Å²) in [4.78, 5) is 33.1. The van der Waals surface area contributed by atoms with Crippen molar-refractivity contribution in [2.45, 2.75) is 31.3 Å². The summed E-state index contributed by atoms with van der Waals surface area (Å²) in [6.45, 7) is 2.07. The lowest BCUT2D eigenvalue weighted by atomic mass is 9.92. The van der Waals surface area contributed by atoms with Crippen molar-refractivity contribution in [3.05, 3.63) is 42.9 Å². The molecule has 9 heteroatoms. The number of likely N-dealkylation sites (N-methyl/N-ethyl adjacent to an activating group) is 1. The number of anilines is 1. The largest absolute Gasteiger partial charge is 0.478 e. The summed E-state index contributed by atoms with van der Waals surface area (Å²) in [6, 6.07) is 5.10. The van der Waals surface area contributed by atoms with Gasteiger partial charge in [-0.1, -0.05) is 6.42 Å². The summed E-state index contributed by atoms with van der Waals surface area (Å²) < 4.78 is 5.38. The first-order valence-electron chi connectivity index (χ1n) is 9.40. The molecule has 2 saturated heterocycles. The molecule has 2 aromatic rings. The second-order valence-corrected chi connectivity index (χ2v) is 7.07. The van der Waals surface area contributed by atoms with Crippen LogP contribution in [0.25, 0.3) is 11.3 Å². The van der Waals surface area contributed by atoms with E-state index in [4.69, 9.17) is 14.6 Å². The first-order chi connectivity index (χ1) is 13.9. The average Bonchev–Trinajstić information content (AvgIpc) is 3.22. The highest BCUT2D eigenvalue weighted by Crippen LogP contribution is 2.29. The smallest absolute Gasteiger partial charge is 0.328 e. The van der Waals surface area contributed by atoms with Gasteiger partial charge < -0.3 is 19.5 Å². The van der Waals surface area contributed by atoms with E-state index in [9.17, 15) is 9.59 Å². The van der Waals surface area contributed by atoms with Crippen LogP contribution >= 0.6 is 0 Å². The van der Waals surface area contributed by atoms with Crippen molar-refractivity contribution < 1.29 is 24.2 Å². The topological polar surface area (TPSA) is 120 Å². The number of carboxylic acids is 2. The predicted octanol–water partition coefficient (Wildman–Crippen LogP) is 2.12. The van der Waals surface area contributed by atoms with Crippen LogP contribution in [0.4, 0.5) is 5.95 Å². The molecular weight excluding hydrogens is 376 g/mol. The zero-order chi connectivity index (χ0) is 20.8. The lowest BCUT2D eigenvalue weighted by Gasteiger charge is -2.48. The summed E-state index contributed by atoms with van der Waals surface area (Å²) in [5, 5.41) is 15.6. The highest BCUT2D eigenvalue weighted by Gasteiger charge is 2.35. The van der Waals surface area contributed by atoms with E-state index in [1.54, 1.807) is 6.26 Å². The quantitative estimate of drug-likeness (QED) is 0.744. The molecule has 0 spiro atoms. The Labute approximate surface area is 168 Å². The van der Waals surface area contributed by atoms with Gasteiger partial charge in [0.1, 0.15) is 5.76 Å². The number of piperazine rings is 1. The second-order valence-electron chi connectivity index (χ2n) is 7.07. The lowest BCUT2D eigenvalue weighted by Crippen LogP contribution is -2.59.